The van der Waals surface area contributed by atoms with Crippen LogP contribution >= 0.6 is 0 Å². The SMILES string of the molecule is COc1ccc(CCNC(=O)CCN2CCN(c3ccccn3)CC2)cc1. The second-order valence-electron chi connectivity index (χ2n) is 6.71. The van der Waals surface area contributed by atoms with Crippen molar-refractivity contribution in [3.05, 3.63) is 54.2 Å². The third-order valence-electron chi connectivity index (χ3n) is 4.90. The van der Waals surface area contributed by atoms with E-state index in [2.05, 4.69) is 20.1 Å². The summed E-state index contributed by atoms with van der Waals surface area (Å²) < 4.78 is 5.15. The highest BCUT2D eigenvalue weighted by Gasteiger charge is 2.18. The molecule has 1 aromatic carbocycles. The van der Waals surface area contributed by atoms with Crippen molar-refractivity contribution >= 4 is 11.7 Å². The molecule has 3 rings (SSSR count). The standard InChI is InChI=1S/C21H28N4O2/c1-27-19-7-5-18(6-8-19)9-12-23-21(26)10-13-24-14-16-25(17-15-24)20-4-2-3-11-22-20/h2-8,11H,9-10,12-17H2,1H3,(H,23,26). The van der Waals surface area contributed by atoms with E-state index in [9.17, 15) is 4.79 Å². The molecular formula is C21H28N4O2. The van der Waals surface area contributed by atoms with Crippen LogP contribution in [-0.4, -0.2) is 62.2 Å². The molecule has 1 aromatic heterocycles. The normalized spacial score (nSPS) is 14.8. The first kappa shape index (κ1) is 19.2. The van der Waals surface area contributed by atoms with Crippen LogP contribution in [0.3, 0.4) is 0 Å². The molecule has 0 unspecified atom stereocenters. The number of nitrogens with one attached hydrogen (secondary N) is 1. The lowest BCUT2D eigenvalue weighted by Crippen LogP contribution is -2.47. The molecule has 1 amide bonds. The van der Waals surface area contributed by atoms with Crippen LogP contribution in [0.25, 0.3) is 0 Å². The lowest BCUT2D eigenvalue weighted by Gasteiger charge is -2.35. The predicted octanol–water partition coefficient (Wildman–Crippen LogP) is 1.96. The van der Waals surface area contributed by atoms with Gasteiger partial charge in [-0.2, -0.15) is 0 Å². The molecule has 27 heavy (non-hydrogen) atoms. The van der Waals surface area contributed by atoms with Gasteiger partial charge in [0, 0.05) is 51.9 Å². The van der Waals surface area contributed by atoms with Crippen LogP contribution in [0.1, 0.15) is 12.0 Å². The zero-order valence-corrected chi connectivity index (χ0v) is 15.9. The number of rotatable bonds is 8. The molecule has 1 fully saturated rings. The molecule has 0 atom stereocenters. The smallest absolute Gasteiger partial charge is 0.221 e. The van der Waals surface area contributed by atoms with Gasteiger partial charge in [-0.1, -0.05) is 18.2 Å². The second kappa shape index (κ2) is 9.92. The molecular weight excluding hydrogens is 340 g/mol. The molecule has 0 aliphatic carbocycles. The van der Waals surface area contributed by atoms with Gasteiger partial charge in [0.15, 0.2) is 0 Å². The van der Waals surface area contributed by atoms with Gasteiger partial charge in [0.2, 0.25) is 5.91 Å². The van der Waals surface area contributed by atoms with E-state index < -0.39 is 0 Å². The molecule has 2 heterocycles. The van der Waals surface area contributed by atoms with E-state index in [1.807, 2.05) is 48.7 Å². The first-order chi connectivity index (χ1) is 13.2. The van der Waals surface area contributed by atoms with Crippen LogP contribution in [0, 0.1) is 0 Å². The highest BCUT2D eigenvalue weighted by Crippen LogP contribution is 2.13. The predicted molar refractivity (Wildman–Crippen MR) is 107 cm³/mol. The number of methoxy groups -OCH3 is 1. The van der Waals surface area contributed by atoms with Gasteiger partial charge >= 0.3 is 0 Å². The second-order valence-corrected chi connectivity index (χ2v) is 6.71. The van der Waals surface area contributed by atoms with Gasteiger partial charge in [-0.05, 0) is 36.2 Å². The van der Waals surface area contributed by atoms with Gasteiger partial charge in [-0.25, -0.2) is 4.98 Å². The number of carbonyl (C=O) groups is 1. The summed E-state index contributed by atoms with van der Waals surface area (Å²) in [5.41, 5.74) is 1.20. The zero-order chi connectivity index (χ0) is 18.9. The minimum atomic E-state index is 0.121. The maximum absolute atomic E-state index is 12.1. The molecule has 1 aliphatic heterocycles. The molecule has 0 radical (unpaired) electrons. The summed E-state index contributed by atoms with van der Waals surface area (Å²) in [6.07, 6.45) is 3.21. The van der Waals surface area contributed by atoms with E-state index in [4.69, 9.17) is 4.74 Å². The number of nitrogens with zero attached hydrogens (tertiary/aromatic N) is 3. The monoisotopic (exact) mass is 368 g/mol. The molecule has 1 N–H and O–H groups in total. The summed E-state index contributed by atoms with van der Waals surface area (Å²) in [5.74, 6) is 2.01. The summed E-state index contributed by atoms with van der Waals surface area (Å²) in [5, 5.41) is 3.02. The van der Waals surface area contributed by atoms with Crippen LogP contribution in [0.15, 0.2) is 48.7 Å². The van der Waals surface area contributed by atoms with E-state index in [1.165, 1.54) is 5.56 Å². The Morgan fingerprint density at radius 1 is 1.11 bits per heavy atom. The third kappa shape index (κ3) is 5.96. The number of ether oxygens (including phenoxy) is 1. The first-order valence-electron chi connectivity index (χ1n) is 9.52. The van der Waals surface area contributed by atoms with Gasteiger partial charge in [0.1, 0.15) is 11.6 Å². The topological polar surface area (TPSA) is 57.7 Å². The Morgan fingerprint density at radius 2 is 1.89 bits per heavy atom. The van der Waals surface area contributed by atoms with Gasteiger partial charge in [0.25, 0.3) is 0 Å². The van der Waals surface area contributed by atoms with Crippen molar-refractivity contribution in [3.63, 3.8) is 0 Å². The van der Waals surface area contributed by atoms with Gasteiger partial charge in [-0.3, -0.25) is 9.69 Å². The molecule has 0 saturated carbocycles. The Balaban J connectivity index is 1.30. The molecule has 2 aromatic rings. The van der Waals surface area contributed by atoms with Gasteiger partial charge < -0.3 is 15.0 Å². The third-order valence-corrected chi connectivity index (χ3v) is 4.90. The van der Waals surface area contributed by atoms with E-state index in [0.717, 1.165) is 50.7 Å². The fourth-order valence-corrected chi connectivity index (χ4v) is 3.23. The maximum Gasteiger partial charge on any atom is 0.221 e. The Labute approximate surface area is 161 Å². The number of pyridine rings is 1. The highest BCUT2D eigenvalue weighted by atomic mass is 16.5. The van der Waals surface area contributed by atoms with E-state index in [1.54, 1.807) is 7.11 Å². The van der Waals surface area contributed by atoms with Crippen LogP contribution in [0.2, 0.25) is 0 Å². The van der Waals surface area contributed by atoms with E-state index in [-0.39, 0.29) is 5.91 Å². The summed E-state index contributed by atoms with van der Waals surface area (Å²) >= 11 is 0. The summed E-state index contributed by atoms with van der Waals surface area (Å²) in [4.78, 5) is 21.1. The number of hydrogen-bond donors (Lipinski definition) is 1. The average molecular weight is 368 g/mol. The first-order valence-corrected chi connectivity index (χ1v) is 9.52. The lowest BCUT2D eigenvalue weighted by molar-refractivity contribution is -0.121. The number of aromatic nitrogens is 1. The fraction of sp³-hybridized carbons (Fsp3) is 0.429. The molecule has 6 nitrogen and oxygen atoms in total. The van der Waals surface area contributed by atoms with E-state index >= 15 is 0 Å². The average Bonchev–Trinajstić information content (AvgIpc) is 2.74. The lowest BCUT2D eigenvalue weighted by atomic mass is 10.1. The van der Waals surface area contributed by atoms with Crippen LogP contribution in [0.4, 0.5) is 5.82 Å². The Kier molecular flexibility index (Phi) is 7.04. The van der Waals surface area contributed by atoms with Crippen LogP contribution in [-0.2, 0) is 11.2 Å². The number of piperazine rings is 1. The maximum atomic E-state index is 12.1. The number of anilines is 1. The van der Waals surface area contributed by atoms with Crippen molar-refractivity contribution < 1.29 is 9.53 Å². The Bertz CT molecular complexity index is 698. The minimum absolute atomic E-state index is 0.121. The fourth-order valence-electron chi connectivity index (χ4n) is 3.23. The molecule has 6 heteroatoms. The van der Waals surface area contributed by atoms with Crippen molar-refractivity contribution in [1.82, 2.24) is 15.2 Å². The van der Waals surface area contributed by atoms with Crippen molar-refractivity contribution in [2.24, 2.45) is 0 Å². The Hall–Kier alpha value is -2.60. The number of amides is 1. The van der Waals surface area contributed by atoms with Crippen molar-refractivity contribution in [2.75, 3.05) is 51.3 Å². The number of hydrogen-bond acceptors (Lipinski definition) is 5. The number of carbonyl (C=O) groups excluding carboxylic acids is 1. The van der Waals surface area contributed by atoms with Crippen molar-refractivity contribution in [1.29, 1.82) is 0 Å². The van der Waals surface area contributed by atoms with Gasteiger partial charge in [0.05, 0.1) is 7.11 Å². The zero-order valence-electron chi connectivity index (χ0n) is 15.9. The van der Waals surface area contributed by atoms with Crippen molar-refractivity contribution in [3.8, 4) is 5.75 Å². The molecule has 1 saturated heterocycles. The highest BCUT2D eigenvalue weighted by molar-refractivity contribution is 5.76. The minimum Gasteiger partial charge on any atom is -0.497 e. The summed E-state index contributed by atoms with van der Waals surface area (Å²) in [6.45, 7) is 5.32. The Morgan fingerprint density at radius 3 is 2.56 bits per heavy atom. The van der Waals surface area contributed by atoms with Crippen LogP contribution < -0.4 is 15.0 Å². The summed E-state index contributed by atoms with van der Waals surface area (Å²) in [6, 6.07) is 14.0. The van der Waals surface area contributed by atoms with Gasteiger partial charge in [-0.15, -0.1) is 0 Å². The quantitative estimate of drug-likeness (QED) is 0.772. The largest absolute Gasteiger partial charge is 0.497 e. The van der Waals surface area contributed by atoms with Crippen molar-refractivity contribution in [2.45, 2.75) is 12.8 Å². The summed E-state index contributed by atoms with van der Waals surface area (Å²) in [7, 11) is 1.66. The molecule has 1 aliphatic rings. The van der Waals surface area contributed by atoms with Crippen LogP contribution in [0.5, 0.6) is 5.75 Å². The number of benzene rings is 1. The molecule has 0 spiro atoms. The molecule has 144 valence electrons. The van der Waals surface area contributed by atoms with E-state index in [0.29, 0.717) is 13.0 Å². The molecule has 0 bridgehead atoms.